The van der Waals surface area contributed by atoms with Crippen LogP contribution in [-0.4, -0.2) is 31.3 Å². The highest BCUT2D eigenvalue weighted by Crippen LogP contribution is 2.37. The van der Waals surface area contributed by atoms with E-state index in [9.17, 15) is 36.6 Å². The summed E-state index contributed by atoms with van der Waals surface area (Å²) >= 11 is 0. The van der Waals surface area contributed by atoms with Crippen LogP contribution in [0.1, 0.15) is 5.56 Å². The Kier molecular flexibility index (Phi) is 5.59. The highest BCUT2D eigenvalue weighted by molar-refractivity contribution is 5.71. The Morgan fingerprint density at radius 1 is 0.765 bits per heavy atom. The number of aromatic hydroxyl groups is 2. The summed E-state index contributed by atoms with van der Waals surface area (Å²) in [5.74, 6) is -1.57. The van der Waals surface area contributed by atoms with Gasteiger partial charge in [0, 0.05) is 0 Å². The first-order chi connectivity index (χ1) is 15.9. The fraction of sp³-hybridized carbons (Fsp3) is 0.0909. The maximum Gasteiger partial charge on any atom is 0.573 e. The van der Waals surface area contributed by atoms with Crippen LogP contribution < -0.4 is 4.74 Å². The molecule has 1 heterocycles. The van der Waals surface area contributed by atoms with Crippen molar-refractivity contribution in [3.8, 4) is 45.7 Å². The standard InChI is InChI=1S/C22H13F6N3O3/c23-21(24,25)12-5-10-15(18(33)11-12)19-29-20(16-3-1-2-4-17(16)32)31(30-19)13-6-8-14(9-7-13)34-22(26,27)28/h1-11,32-33H. The minimum atomic E-state index is -4.89. The SMILES string of the molecule is Oc1cc(C(F)(F)F)ccc1-c1nc(-c2ccccc2O)n(-c2ccc(OC(F)(F)F)cc2)n1. The number of alkyl halides is 6. The summed E-state index contributed by atoms with van der Waals surface area (Å²) in [7, 11) is 0. The second-order valence-electron chi connectivity index (χ2n) is 6.96. The van der Waals surface area contributed by atoms with Gasteiger partial charge in [-0.3, -0.25) is 0 Å². The molecule has 34 heavy (non-hydrogen) atoms. The Bertz CT molecular complexity index is 1330. The van der Waals surface area contributed by atoms with Crippen molar-refractivity contribution < 1.29 is 41.3 Å². The molecule has 0 saturated heterocycles. The zero-order valence-corrected chi connectivity index (χ0v) is 16.8. The number of halogens is 6. The normalized spacial score (nSPS) is 12.1. The summed E-state index contributed by atoms with van der Waals surface area (Å²) in [5, 5.41) is 24.7. The maximum atomic E-state index is 12.9. The van der Waals surface area contributed by atoms with E-state index in [1.54, 1.807) is 12.1 Å². The quantitative estimate of drug-likeness (QED) is 0.353. The van der Waals surface area contributed by atoms with Crippen molar-refractivity contribution in [1.82, 2.24) is 14.8 Å². The van der Waals surface area contributed by atoms with Gasteiger partial charge >= 0.3 is 12.5 Å². The van der Waals surface area contributed by atoms with Gasteiger partial charge in [-0.05, 0) is 54.6 Å². The Labute approximate surface area is 187 Å². The van der Waals surface area contributed by atoms with E-state index in [1.165, 1.54) is 28.9 Å². The average molecular weight is 481 g/mol. The molecule has 176 valence electrons. The maximum absolute atomic E-state index is 12.9. The first-order valence-electron chi connectivity index (χ1n) is 9.44. The molecule has 4 aromatic rings. The smallest absolute Gasteiger partial charge is 0.507 e. The summed E-state index contributed by atoms with van der Waals surface area (Å²) < 4.78 is 81.2. The van der Waals surface area contributed by atoms with E-state index in [-0.39, 0.29) is 34.2 Å². The summed E-state index contributed by atoms with van der Waals surface area (Å²) in [4.78, 5) is 4.26. The number of benzene rings is 3. The predicted octanol–water partition coefficient (Wildman–Crippen LogP) is 5.93. The van der Waals surface area contributed by atoms with E-state index in [0.717, 1.165) is 24.3 Å². The lowest BCUT2D eigenvalue weighted by Crippen LogP contribution is -2.17. The number of aromatic nitrogens is 3. The number of nitrogens with zero attached hydrogens (tertiary/aromatic N) is 3. The van der Waals surface area contributed by atoms with Crippen molar-refractivity contribution in [3.05, 3.63) is 72.3 Å². The monoisotopic (exact) mass is 481 g/mol. The van der Waals surface area contributed by atoms with Crippen LogP contribution in [0.3, 0.4) is 0 Å². The Morgan fingerprint density at radius 3 is 2.03 bits per heavy atom. The van der Waals surface area contributed by atoms with Gasteiger partial charge in [-0.25, -0.2) is 9.67 Å². The molecule has 0 radical (unpaired) electrons. The van der Waals surface area contributed by atoms with Crippen molar-refractivity contribution >= 4 is 0 Å². The topological polar surface area (TPSA) is 80.4 Å². The molecule has 0 spiro atoms. The Hall–Kier alpha value is -4.22. The van der Waals surface area contributed by atoms with Crippen LogP contribution in [0, 0.1) is 0 Å². The fourth-order valence-corrected chi connectivity index (χ4v) is 3.13. The molecule has 4 rings (SSSR count). The number of para-hydroxylation sites is 1. The van der Waals surface area contributed by atoms with Gasteiger partial charge in [-0.15, -0.1) is 18.3 Å². The molecular weight excluding hydrogens is 468 g/mol. The van der Waals surface area contributed by atoms with Crippen LogP contribution in [0.15, 0.2) is 66.7 Å². The van der Waals surface area contributed by atoms with E-state index in [1.807, 2.05) is 0 Å². The number of ether oxygens (including phenoxy) is 1. The minimum absolute atomic E-state index is 0.0249. The van der Waals surface area contributed by atoms with Crippen LogP contribution in [-0.2, 0) is 6.18 Å². The number of hydrogen-bond donors (Lipinski definition) is 2. The molecule has 0 aliphatic rings. The van der Waals surface area contributed by atoms with Crippen molar-refractivity contribution in [2.75, 3.05) is 0 Å². The second kappa shape index (κ2) is 8.28. The molecule has 6 nitrogen and oxygen atoms in total. The molecule has 0 atom stereocenters. The third-order valence-electron chi connectivity index (χ3n) is 4.63. The van der Waals surface area contributed by atoms with Crippen molar-refractivity contribution in [3.63, 3.8) is 0 Å². The van der Waals surface area contributed by atoms with Gasteiger partial charge in [0.15, 0.2) is 11.6 Å². The first kappa shape index (κ1) is 23.0. The molecule has 0 bridgehead atoms. The van der Waals surface area contributed by atoms with Gasteiger partial charge in [-0.1, -0.05) is 12.1 Å². The van der Waals surface area contributed by atoms with Crippen LogP contribution in [0.2, 0.25) is 0 Å². The highest BCUT2D eigenvalue weighted by Gasteiger charge is 2.32. The molecule has 1 aromatic heterocycles. The lowest BCUT2D eigenvalue weighted by Gasteiger charge is -2.10. The van der Waals surface area contributed by atoms with Crippen LogP contribution >= 0.6 is 0 Å². The number of rotatable bonds is 4. The molecule has 0 fully saturated rings. The van der Waals surface area contributed by atoms with Crippen molar-refractivity contribution in [2.45, 2.75) is 12.5 Å². The van der Waals surface area contributed by atoms with Gasteiger partial charge < -0.3 is 14.9 Å². The number of phenols is 2. The predicted molar refractivity (Wildman–Crippen MR) is 107 cm³/mol. The van der Waals surface area contributed by atoms with Gasteiger partial charge in [0.1, 0.15) is 17.2 Å². The van der Waals surface area contributed by atoms with Crippen LogP contribution in [0.5, 0.6) is 17.2 Å². The first-order valence-corrected chi connectivity index (χ1v) is 9.44. The van der Waals surface area contributed by atoms with Crippen LogP contribution in [0.25, 0.3) is 28.5 Å². The lowest BCUT2D eigenvalue weighted by atomic mass is 10.1. The van der Waals surface area contributed by atoms with E-state index >= 15 is 0 Å². The molecule has 12 heteroatoms. The molecule has 2 N–H and O–H groups in total. The van der Waals surface area contributed by atoms with Gasteiger partial charge in [0.25, 0.3) is 0 Å². The van der Waals surface area contributed by atoms with Gasteiger partial charge in [0.2, 0.25) is 0 Å². The molecule has 0 amide bonds. The zero-order valence-electron chi connectivity index (χ0n) is 16.8. The molecule has 0 saturated carbocycles. The van der Waals surface area contributed by atoms with Gasteiger partial charge in [-0.2, -0.15) is 13.2 Å². The molecule has 0 aliphatic heterocycles. The zero-order chi connectivity index (χ0) is 24.7. The summed E-state index contributed by atoms with van der Waals surface area (Å²) in [6, 6.07) is 12.8. The molecule has 3 aromatic carbocycles. The molecule has 0 unspecified atom stereocenters. The third kappa shape index (κ3) is 4.75. The van der Waals surface area contributed by atoms with E-state index < -0.39 is 29.6 Å². The van der Waals surface area contributed by atoms with Gasteiger partial charge in [0.05, 0.1) is 22.4 Å². The van der Waals surface area contributed by atoms with E-state index in [2.05, 4.69) is 14.8 Å². The van der Waals surface area contributed by atoms with Crippen molar-refractivity contribution in [2.24, 2.45) is 0 Å². The van der Waals surface area contributed by atoms with Crippen molar-refractivity contribution in [1.29, 1.82) is 0 Å². The second-order valence-corrected chi connectivity index (χ2v) is 6.96. The lowest BCUT2D eigenvalue weighted by molar-refractivity contribution is -0.274. The summed E-state index contributed by atoms with van der Waals surface area (Å²) in [6.45, 7) is 0. The fourth-order valence-electron chi connectivity index (χ4n) is 3.13. The average Bonchev–Trinajstić information content (AvgIpc) is 3.17. The molecular formula is C22H13F6N3O3. The number of hydrogen-bond acceptors (Lipinski definition) is 5. The Morgan fingerprint density at radius 2 is 1.44 bits per heavy atom. The Balaban J connectivity index is 1.83. The summed E-state index contributed by atoms with van der Waals surface area (Å²) in [6.07, 6.45) is -9.56. The van der Waals surface area contributed by atoms with E-state index in [4.69, 9.17) is 0 Å². The summed E-state index contributed by atoms with van der Waals surface area (Å²) in [5.41, 5.74) is -0.809. The van der Waals surface area contributed by atoms with Crippen LogP contribution in [0.4, 0.5) is 26.3 Å². The molecule has 0 aliphatic carbocycles. The highest BCUT2D eigenvalue weighted by atomic mass is 19.4. The van der Waals surface area contributed by atoms with E-state index in [0.29, 0.717) is 6.07 Å². The number of phenolic OH excluding ortho intramolecular Hbond substituents is 2. The largest absolute Gasteiger partial charge is 0.573 e. The minimum Gasteiger partial charge on any atom is -0.507 e. The third-order valence-corrected chi connectivity index (χ3v) is 4.63.